The Kier molecular flexibility index (Phi) is 2.94. The summed E-state index contributed by atoms with van der Waals surface area (Å²) in [7, 11) is 0. The van der Waals surface area contributed by atoms with E-state index in [-0.39, 0.29) is 6.04 Å². The molecule has 1 aliphatic rings. The van der Waals surface area contributed by atoms with Crippen LogP contribution in [0.2, 0.25) is 0 Å². The number of hydrogen-bond acceptors (Lipinski definition) is 2. The van der Waals surface area contributed by atoms with Gasteiger partial charge in [-0.2, -0.15) is 0 Å². The van der Waals surface area contributed by atoms with Gasteiger partial charge in [-0.05, 0) is 42.5 Å². The second-order valence-corrected chi connectivity index (χ2v) is 3.85. The van der Waals surface area contributed by atoms with Gasteiger partial charge in [0.1, 0.15) is 12.4 Å². The molecule has 2 nitrogen and oxygen atoms in total. The maximum absolute atomic E-state index is 6.05. The molecule has 15 heavy (non-hydrogen) atoms. The lowest BCUT2D eigenvalue weighted by molar-refractivity contribution is 0.369. The topological polar surface area (TPSA) is 35.2 Å². The minimum Gasteiger partial charge on any atom is -0.481 e. The number of nitrogens with two attached hydrogens (primary N) is 1. The second-order valence-electron chi connectivity index (χ2n) is 3.85. The molecule has 0 amide bonds. The molecular weight excluding hydrogens is 186 g/mol. The van der Waals surface area contributed by atoms with E-state index < -0.39 is 0 Å². The first-order chi connectivity index (χ1) is 7.31. The van der Waals surface area contributed by atoms with Crippen LogP contribution in [0.4, 0.5) is 0 Å². The Labute approximate surface area is 90.4 Å². The third kappa shape index (κ3) is 2.14. The van der Waals surface area contributed by atoms with Crippen molar-refractivity contribution in [2.75, 3.05) is 6.61 Å². The number of benzene rings is 1. The first-order valence-electron chi connectivity index (χ1n) is 5.26. The molecule has 1 aromatic carbocycles. The van der Waals surface area contributed by atoms with E-state index in [1.54, 1.807) is 0 Å². The fourth-order valence-corrected chi connectivity index (χ4v) is 2.03. The molecule has 78 valence electrons. The number of ether oxygens (including phenoxy) is 1. The maximum Gasteiger partial charge on any atom is 0.148 e. The van der Waals surface area contributed by atoms with Crippen molar-refractivity contribution in [3.05, 3.63) is 29.3 Å². The molecule has 2 heteroatoms. The monoisotopic (exact) mass is 201 g/mol. The number of terminal acetylenes is 1. The highest BCUT2D eigenvalue weighted by Gasteiger charge is 2.16. The van der Waals surface area contributed by atoms with E-state index >= 15 is 0 Å². The van der Waals surface area contributed by atoms with Crippen molar-refractivity contribution in [2.45, 2.75) is 25.3 Å². The van der Waals surface area contributed by atoms with Gasteiger partial charge in [0, 0.05) is 6.04 Å². The van der Waals surface area contributed by atoms with E-state index in [2.05, 4.69) is 12.0 Å². The van der Waals surface area contributed by atoms with Gasteiger partial charge in [0.15, 0.2) is 0 Å². The zero-order valence-corrected chi connectivity index (χ0v) is 8.70. The van der Waals surface area contributed by atoms with Crippen molar-refractivity contribution in [3.8, 4) is 18.1 Å². The average molecular weight is 201 g/mol. The molecular formula is C13H15NO. The fourth-order valence-electron chi connectivity index (χ4n) is 2.03. The molecule has 0 saturated heterocycles. The van der Waals surface area contributed by atoms with Crippen LogP contribution < -0.4 is 10.5 Å². The number of hydrogen-bond donors (Lipinski definition) is 1. The summed E-state index contributed by atoms with van der Waals surface area (Å²) < 4.78 is 5.38. The second kappa shape index (κ2) is 4.37. The molecule has 2 rings (SSSR count). The number of fused-ring (bicyclic) bond motifs is 1. The molecule has 1 atom stereocenters. The molecule has 0 bridgehead atoms. The molecule has 0 aliphatic heterocycles. The van der Waals surface area contributed by atoms with Crippen LogP contribution >= 0.6 is 0 Å². The molecule has 0 spiro atoms. The van der Waals surface area contributed by atoms with Crippen LogP contribution in [0, 0.1) is 12.3 Å². The van der Waals surface area contributed by atoms with Gasteiger partial charge >= 0.3 is 0 Å². The molecule has 0 saturated carbocycles. The highest BCUT2D eigenvalue weighted by molar-refractivity contribution is 5.39. The normalized spacial score (nSPS) is 19.1. The third-order valence-corrected chi connectivity index (χ3v) is 2.80. The smallest absolute Gasteiger partial charge is 0.148 e. The van der Waals surface area contributed by atoms with E-state index in [4.69, 9.17) is 16.9 Å². The van der Waals surface area contributed by atoms with Crippen molar-refractivity contribution in [1.82, 2.24) is 0 Å². The molecule has 2 N–H and O–H groups in total. The summed E-state index contributed by atoms with van der Waals surface area (Å²) in [6, 6.07) is 6.24. The van der Waals surface area contributed by atoms with Gasteiger partial charge in [0.25, 0.3) is 0 Å². The Morgan fingerprint density at radius 2 is 2.40 bits per heavy atom. The quantitative estimate of drug-likeness (QED) is 0.743. The van der Waals surface area contributed by atoms with Gasteiger partial charge in [-0.1, -0.05) is 12.0 Å². The minimum absolute atomic E-state index is 0.156. The van der Waals surface area contributed by atoms with E-state index in [0.717, 1.165) is 18.6 Å². The van der Waals surface area contributed by atoms with E-state index in [0.29, 0.717) is 6.61 Å². The lowest BCUT2D eigenvalue weighted by Crippen LogP contribution is -2.17. The summed E-state index contributed by atoms with van der Waals surface area (Å²) in [5, 5.41) is 0. The Hall–Kier alpha value is -1.46. The van der Waals surface area contributed by atoms with Crippen molar-refractivity contribution >= 4 is 0 Å². The van der Waals surface area contributed by atoms with Gasteiger partial charge < -0.3 is 10.5 Å². The Morgan fingerprint density at radius 3 is 3.20 bits per heavy atom. The van der Waals surface area contributed by atoms with Gasteiger partial charge in [-0.3, -0.25) is 0 Å². The van der Waals surface area contributed by atoms with Crippen LogP contribution in [0.15, 0.2) is 18.2 Å². The summed E-state index contributed by atoms with van der Waals surface area (Å²) in [4.78, 5) is 0. The van der Waals surface area contributed by atoms with Crippen LogP contribution in [0.1, 0.15) is 30.0 Å². The van der Waals surface area contributed by atoms with Crippen LogP contribution in [-0.2, 0) is 6.42 Å². The SMILES string of the molecule is C#CCOc1ccc2c(c1)C(N)CCC2. The largest absolute Gasteiger partial charge is 0.481 e. The minimum atomic E-state index is 0.156. The lowest BCUT2D eigenvalue weighted by atomic mass is 9.88. The first kappa shape index (κ1) is 10.1. The standard InChI is InChI=1S/C13H15NO/c1-2-8-15-11-7-6-10-4-3-5-13(14)12(10)9-11/h1,6-7,9,13H,3-5,8,14H2. The fraction of sp³-hybridized carbons (Fsp3) is 0.385. The van der Waals surface area contributed by atoms with Gasteiger partial charge in [-0.25, -0.2) is 0 Å². The van der Waals surface area contributed by atoms with Gasteiger partial charge in [0.2, 0.25) is 0 Å². The first-order valence-corrected chi connectivity index (χ1v) is 5.26. The maximum atomic E-state index is 6.05. The highest BCUT2D eigenvalue weighted by Crippen LogP contribution is 2.30. The van der Waals surface area contributed by atoms with E-state index in [1.807, 2.05) is 12.1 Å². The molecule has 0 aromatic heterocycles. The highest BCUT2D eigenvalue weighted by atomic mass is 16.5. The Bertz CT molecular complexity index is 392. The molecule has 0 radical (unpaired) electrons. The average Bonchev–Trinajstić information content (AvgIpc) is 2.27. The number of rotatable bonds is 2. The summed E-state index contributed by atoms with van der Waals surface area (Å²) >= 11 is 0. The molecule has 0 fully saturated rings. The number of aryl methyl sites for hydroxylation is 1. The summed E-state index contributed by atoms with van der Waals surface area (Å²) in [6.07, 6.45) is 8.51. The van der Waals surface area contributed by atoms with Crippen LogP contribution in [0.5, 0.6) is 5.75 Å². The molecule has 1 aromatic rings. The zero-order valence-electron chi connectivity index (χ0n) is 8.70. The summed E-state index contributed by atoms with van der Waals surface area (Å²) in [5.74, 6) is 3.28. The van der Waals surface area contributed by atoms with Gasteiger partial charge in [-0.15, -0.1) is 6.42 Å². The van der Waals surface area contributed by atoms with Crippen molar-refractivity contribution in [2.24, 2.45) is 5.73 Å². The molecule has 1 aliphatic carbocycles. The Morgan fingerprint density at radius 1 is 1.53 bits per heavy atom. The molecule has 0 heterocycles. The Balaban J connectivity index is 2.24. The zero-order chi connectivity index (χ0) is 10.7. The van der Waals surface area contributed by atoms with Gasteiger partial charge in [0.05, 0.1) is 0 Å². The van der Waals surface area contributed by atoms with E-state index in [9.17, 15) is 0 Å². The molecule has 1 unspecified atom stereocenters. The predicted molar refractivity (Wildman–Crippen MR) is 60.6 cm³/mol. The third-order valence-electron chi connectivity index (χ3n) is 2.80. The van der Waals surface area contributed by atoms with Crippen LogP contribution in [-0.4, -0.2) is 6.61 Å². The summed E-state index contributed by atoms with van der Waals surface area (Å²) in [6.45, 7) is 0.314. The van der Waals surface area contributed by atoms with Crippen molar-refractivity contribution in [3.63, 3.8) is 0 Å². The summed E-state index contributed by atoms with van der Waals surface area (Å²) in [5.41, 5.74) is 8.62. The predicted octanol–water partition coefficient (Wildman–Crippen LogP) is 2.03. The van der Waals surface area contributed by atoms with Crippen LogP contribution in [0.25, 0.3) is 0 Å². The van der Waals surface area contributed by atoms with E-state index in [1.165, 1.54) is 17.5 Å². The van der Waals surface area contributed by atoms with Crippen LogP contribution in [0.3, 0.4) is 0 Å². The van der Waals surface area contributed by atoms with Crippen molar-refractivity contribution < 1.29 is 4.74 Å². The lowest BCUT2D eigenvalue weighted by Gasteiger charge is -2.22. The van der Waals surface area contributed by atoms with Crippen molar-refractivity contribution in [1.29, 1.82) is 0 Å².